The summed E-state index contributed by atoms with van der Waals surface area (Å²) < 4.78 is 2.15. The summed E-state index contributed by atoms with van der Waals surface area (Å²) >= 11 is 12.3. The Hall–Kier alpha value is 0.473. The standard InChI is InChI=1S/C24H40N2S2.C9H13Br2NS.Zn/c1-5-7-9-11-13-15-17-21-19(3)27-24(26-21)23-22(25-20(4)28-23)18-16-14-12-10-8-6-2;1-2-3-4-5-6-7-8(10)13-9(11)12-7;/h5-18H2,1-4H3;2-6H2,1H3;. The van der Waals surface area contributed by atoms with Crippen LogP contribution in [0.1, 0.15) is 150 Å². The molecule has 0 atom stereocenters. The minimum absolute atomic E-state index is 0. The van der Waals surface area contributed by atoms with Gasteiger partial charge in [-0.1, -0.05) is 116 Å². The first kappa shape index (κ1) is 40.5. The van der Waals surface area contributed by atoms with E-state index in [1.807, 2.05) is 22.7 Å². The second kappa shape index (κ2) is 24.7. The third-order valence-corrected chi connectivity index (χ3v) is 11.8. The molecule has 0 saturated carbocycles. The fourth-order valence-electron chi connectivity index (χ4n) is 4.89. The molecule has 0 fully saturated rings. The maximum Gasteiger partial charge on any atom is 0.160 e. The molecule has 0 aliphatic heterocycles. The van der Waals surface area contributed by atoms with Crippen molar-refractivity contribution in [3.63, 3.8) is 0 Å². The van der Waals surface area contributed by atoms with Gasteiger partial charge in [-0.2, -0.15) is 0 Å². The number of rotatable bonds is 20. The molecule has 0 aliphatic rings. The summed E-state index contributed by atoms with van der Waals surface area (Å²) in [5.41, 5.74) is 3.82. The molecule has 3 aromatic rings. The third kappa shape index (κ3) is 16.2. The van der Waals surface area contributed by atoms with Gasteiger partial charge >= 0.3 is 0 Å². The van der Waals surface area contributed by atoms with E-state index >= 15 is 0 Å². The van der Waals surface area contributed by atoms with Gasteiger partial charge in [0.1, 0.15) is 5.01 Å². The molecule has 9 heteroatoms. The second-order valence-electron chi connectivity index (χ2n) is 11.1. The van der Waals surface area contributed by atoms with Gasteiger partial charge in [-0.05, 0) is 84.2 Å². The van der Waals surface area contributed by atoms with Crippen molar-refractivity contribution in [2.75, 3.05) is 0 Å². The van der Waals surface area contributed by atoms with Gasteiger partial charge in [0, 0.05) is 24.4 Å². The molecule has 3 aromatic heterocycles. The Morgan fingerprint density at radius 3 is 1.52 bits per heavy atom. The van der Waals surface area contributed by atoms with Crippen molar-refractivity contribution in [3.8, 4) is 9.88 Å². The van der Waals surface area contributed by atoms with Crippen molar-refractivity contribution in [1.82, 2.24) is 15.0 Å². The van der Waals surface area contributed by atoms with E-state index in [4.69, 9.17) is 9.97 Å². The number of nitrogens with zero attached hydrogens (tertiary/aromatic N) is 3. The zero-order chi connectivity index (χ0) is 29.9. The Labute approximate surface area is 299 Å². The molecule has 0 aromatic carbocycles. The normalized spacial score (nSPS) is 10.9. The number of unbranched alkanes of at least 4 members (excludes halogenated alkanes) is 13. The molecule has 0 aliphatic carbocycles. The van der Waals surface area contributed by atoms with Crippen LogP contribution in [0.25, 0.3) is 9.88 Å². The number of aromatic nitrogens is 3. The summed E-state index contributed by atoms with van der Waals surface area (Å²) in [4.78, 5) is 17.0. The predicted octanol–water partition coefficient (Wildman–Crippen LogP) is 13.5. The minimum Gasteiger partial charge on any atom is -0.246 e. The first-order valence-corrected chi connectivity index (χ1v) is 20.2. The van der Waals surface area contributed by atoms with E-state index in [9.17, 15) is 0 Å². The van der Waals surface area contributed by atoms with Crippen LogP contribution < -0.4 is 0 Å². The van der Waals surface area contributed by atoms with E-state index in [2.05, 4.69) is 71.5 Å². The Kier molecular flexibility index (Phi) is 23.8. The molecular formula is C33H53Br2N3S3Zn. The maximum absolute atomic E-state index is 5.05. The van der Waals surface area contributed by atoms with Crippen molar-refractivity contribution < 1.29 is 19.5 Å². The van der Waals surface area contributed by atoms with Crippen molar-refractivity contribution in [3.05, 3.63) is 34.7 Å². The fraction of sp³-hybridized carbons (Fsp3) is 0.727. The monoisotopic (exact) mass is 809 g/mol. The molecule has 42 heavy (non-hydrogen) atoms. The molecule has 3 heterocycles. The van der Waals surface area contributed by atoms with E-state index in [1.165, 1.54) is 143 Å². The van der Waals surface area contributed by atoms with Gasteiger partial charge in [0.25, 0.3) is 0 Å². The van der Waals surface area contributed by atoms with Gasteiger partial charge in [-0.25, -0.2) is 15.0 Å². The van der Waals surface area contributed by atoms with Crippen molar-refractivity contribution in [2.24, 2.45) is 0 Å². The Morgan fingerprint density at radius 1 is 0.524 bits per heavy atom. The fourth-order valence-corrected chi connectivity index (χ4v) is 9.58. The topological polar surface area (TPSA) is 38.7 Å². The molecule has 3 rings (SSSR count). The SMILES string of the molecule is CCCCCCCCc1nc(-c2sc(C)nc2CCCCCCCC)sc1C.CCCCCCc1nc(Br)sc1Br.[Zn]. The third-order valence-electron chi connectivity index (χ3n) is 7.32. The molecule has 0 spiro atoms. The Morgan fingerprint density at radius 2 is 1.00 bits per heavy atom. The van der Waals surface area contributed by atoms with E-state index < -0.39 is 0 Å². The summed E-state index contributed by atoms with van der Waals surface area (Å²) in [7, 11) is 0. The number of aryl methyl sites for hydroxylation is 5. The van der Waals surface area contributed by atoms with E-state index in [-0.39, 0.29) is 19.5 Å². The van der Waals surface area contributed by atoms with E-state index in [0.717, 1.165) is 23.2 Å². The van der Waals surface area contributed by atoms with Crippen LogP contribution in [0, 0.1) is 13.8 Å². The largest absolute Gasteiger partial charge is 0.246 e. The molecule has 0 bridgehead atoms. The smallest absolute Gasteiger partial charge is 0.160 e. The number of hydrogen-bond donors (Lipinski definition) is 0. The van der Waals surface area contributed by atoms with Crippen LogP contribution in [-0.4, -0.2) is 15.0 Å². The predicted molar refractivity (Wildman–Crippen MR) is 192 cm³/mol. The number of hydrogen-bond acceptors (Lipinski definition) is 6. The number of thiazole rings is 3. The van der Waals surface area contributed by atoms with Gasteiger partial charge < -0.3 is 0 Å². The van der Waals surface area contributed by atoms with Crippen LogP contribution in [-0.2, 0) is 38.7 Å². The van der Waals surface area contributed by atoms with Gasteiger partial charge in [0.15, 0.2) is 3.92 Å². The van der Waals surface area contributed by atoms with Crippen molar-refractivity contribution in [1.29, 1.82) is 0 Å². The maximum atomic E-state index is 5.05. The van der Waals surface area contributed by atoms with Crippen LogP contribution in [0.2, 0.25) is 0 Å². The van der Waals surface area contributed by atoms with E-state index in [1.54, 1.807) is 11.3 Å². The molecule has 0 saturated heterocycles. The average molecular weight is 813 g/mol. The van der Waals surface area contributed by atoms with Gasteiger partial charge in [-0.15, -0.1) is 22.7 Å². The van der Waals surface area contributed by atoms with Crippen LogP contribution in [0.15, 0.2) is 7.70 Å². The quantitative estimate of drug-likeness (QED) is 0.0843. The summed E-state index contributed by atoms with van der Waals surface area (Å²) in [6.45, 7) is 11.2. The average Bonchev–Trinajstić information content (AvgIpc) is 3.61. The molecule has 0 N–H and O–H groups in total. The van der Waals surface area contributed by atoms with Crippen molar-refractivity contribution >= 4 is 65.9 Å². The van der Waals surface area contributed by atoms with Crippen LogP contribution >= 0.6 is 65.9 Å². The Balaban J connectivity index is 0.000000529. The van der Waals surface area contributed by atoms with Gasteiger partial charge in [0.2, 0.25) is 0 Å². The molecule has 0 amide bonds. The summed E-state index contributed by atoms with van der Waals surface area (Å²) in [6.07, 6.45) is 24.7. The zero-order valence-corrected chi connectivity index (χ0v) is 35.6. The van der Waals surface area contributed by atoms with E-state index in [0.29, 0.717) is 0 Å². The molecule has 234 valence electrons. The van der Waals surface area contributed by atoms with Gasteiger partial charge in [0.05, 0.1) is 30.8 Å². The minimum atomic E-state index is 0. The number of halogens is 2. The zero-order valence-electron chi connectivity index (χ0n) is 27.0. The second-order valence-corrected chi connectivity index (χ2v) is 17.1. The summed E-state index contributed by atoms with van der Waals surface area (Å²) in [5.74, 6) is 0. The molecule has 0 radical (unpaired) electrons. The van der Waals surface area contributed by atoms with Crippen LogP contribution in [0.4, 0.5) is 0 Å². The molecular weight excluding hydrogens is 760 g/mol. The first-order chi connectivity index (χ1) is 19.9. The molecule has 0 unspecified atom stereocenters. The first-order valence-electron chi connectivity index (χ1n) is 16.1. The van der Waals surface area contributed by atoms with Gasteiger partial charge in [-0.3, -0.25) is 0 Å². The summed E-state index contributed by atoms with van der Waals surface area (Å²) in [5, 5.41) is 2.39. The molecule has 3 nitrogen and oxygen atoms in total. The Bertz CT molecular complexity index is 1100. The van der Waals surface area contributed by atoms with Crippen LogP contribution in [0.5, 0.6) is 0 Å². The summed E-state index contributed by atoms with van der Waals surface area (Å²) in [6, 6.07) is 0. The van der Waals surface area contributed by atoms with Crippen LogP contribution in [0.3, 0.4) is 0 Å². The van der Waals surface area contributed by atoms with Crippen molar-refractivity contribution in [2.45, 2.75) is 157 Å².